The van der Waals surface area contributed by atoms with Crippen molar-refractivity contribution < 1.29 is 32.8 Å². The Morgan fingerprint density at radius 2 is 1.10 bits per heavy atom. The summed E-state index contributed by atoms with van der Waals surface area (Å²) < 4.78 is 34.1. The highest BCUT2D eigenvalue weighted by molar-refractivity contribution is 7.87. The van der Waals surface area contributed by atoms with Crippen LogP contribution in [0.2, 0.25) is 0 Å². The van der Waals surface area contributed by atoms with Gasteiger partial charge >= 0.3 is 11.9 Å². The van der Waals surface area contributed by atoms with Gasteiger partial charge in [0.1, 0.15) is 5.41 Å². The lowest BCUT2D eigenvalue weighted by molar-refractivity contribution is -0.164. The van der Waals surface area contributed by atoms with Crippen LogP contribution in [0.25, 0.3) is 0 Å². The van der Waals surface area contributed by atoms with E-state index in [1.165, 1.54) is 0 Å². The van der Waals surface area contributed by atoms with Crippen LogP contribution in [0.5, 0.6) is 0 Å². The standard InChI is InChI=1S/C22H42O7S/c1-7-17(8-2)13-11-15(5)22(21(25)26,19(20(23)24)30(27,28)29)16(6)12-14-18(9-3)10-4/h15-19H,7-14H2,1-6H3,(H,23,24)(H,25,26)(H,27,28,29). The Morgan fingerprint density at radius 1 is 0.767 bits per heavy atom. The molecule has 30 heavy (non-hydrogen) atoms. The first kappa shape index (κ1) is 28.9. The van der Waals surface area contributed by atoms with Gasteiger partial charge in [0, 0.05) is 0 Å². The van der Waals surface area contributed by atoms with E-state index in [1.54, 1.807) is 13.8 Å². The summed E-state index contributed by atoms with van der Waals surface area (Å²) in [4.78, 5) is 24.6. The SMILES string of the molecule is CCC(CC)CCC(C)C(C(=O)O)(C(C)CCC(CC)CC)C(C(=O)O)S(=O)(=O)O. The Hall–Kier alpha value is -1.15. The van der Waals surface area contributed by atoms with Gasteiger partial charge in [-0.3, -0.25) is 14.1 Å². The molecule has 0 saturated heterocycles. The lowest BCUT2D eigenvalue weighted by Crippen LogP contribution is -2.58. The Kier molecular flexibility index (Phi) is 12.2. The molecule has 3 atom stereocenters. The average Bonchev–Trinajstić information content (AvgIpc) is 2.65. The summed E-state index contributed by atoms with van der Waals surface area (Å²) in [5, 5.41) is 17.6. The van der Waals surface area contributed by atoms with Gasteiger partial charge in [0.25, 0.3) is 10.1 Å². The average molecular weight is 451 g/mol. The van der Waals surface area contributed by atoms with Crippen LogP contribution >= 0.6 is 0 Å². The fraction of sp³-hybridized carbons (Fsp3) is 0.909. The smallest absolute Gasteiger partial charge is 0.325 e. The van der Waals surface area contributed by atoms with E-state index in [1.807, 2.05) is 27.7 Å². The molecule has 0 fully saturated rings. The topological polar surface area (TPSA) is 129 Å². The molecule has 0 aromatic heterocycles. The van der Waals surface area contributed by atoms with Crippen molar-refractivity contribution in [3.8, 4) is 0 Å². The van der Waals surface area contributed by atoms with E-state index < -0.39 is 44.6 Å². The molecule has 0 aliphatic rings. The van der Waals surface area contributed by atoms with Crippen molar-refractivity contribution in [2.24, 2.45) is 29.1 Å². The van der Waals surface area contributed by atoms with Gasteiger partial charge in [-0.05, 0) is 36.5 Å². The Morgan fingerprint density at radius 3 is 1.30 bits per heavy atom. The molecular weight excluding hydrogens is 408 g/mol. The number of hydrogen-bond donors (Lipinski definition) is 3. The van der Waals surface area contributed by atoms with E-state index in [0.717, 1.165) is 25.7 Å². The summed E-state index contributed by atoms with van der Waals surface area (Å²) >= 11 is 0. The lowest BCUT2D eigenvalue weighted by atomic mass is 9.62. The quantitative estimate of drug-likeness (QED) is 0.279. The van der Waals surface area contributed by atoms with Gasteiger partial charge in [0.15, 0.2) is 5.25 Å². The molecule has 0 aliphatic carbocycles. The minimum absolute atomic E-state index is 0.354. The minimum atomic E-state index is -5.14. The van der Waals surface area contributed by atoms with Crippen molar-refractivity contribution in [1.29, 1.82) is 0 Å². The number of rotatable bonds is 16. The second-order valence-electron chi connectivity index (χ2n) is 8.79. The van der Waals surface area contributed by atoms with Gasteiger partial charge < -0.3 is 10.2 Å². The highest BCUT2D eigenvalue weighted by Gasteiger charge is 2.61. The van der Waals surface area contributed by atoms with Crippen LogP contribution in [0.4, 0.5) is 0 Å². The normalized spacial score (nSPS) is 17.5. The maximum absolute atomic E-state index is 12.6. The number of carboxylic acid groups (broad SMARTS) is 2. The van der Waals surface area contributed by atoms with E-state index in [2.05, 4.69) is 0 Å². The Bertz CT molecular complexity index is 614. The molecule has 7 nitrogen and oxygen atoms in total. The summed E-state index contributed by atoms with van der Waals surface area (Å²) in [5.41, 5.74) is -2.11. The summed E-state index contributed by atoms with van der Waals surface area (Å²) in [6.45, 7) is 11.4. The fourth-order valence-electron chi connectivity index (χ4n) is 4.96. The molecular formula is C22H42O7S. The number of aliphatic carboxylic acids is 2. The number of hydrogen-bond acceptors (Lipinski definition) is 4. The van der Waals surface area contributed by atoms with Crippen LogP contribution in [0.1, 0.15) is 92.9 Å². The summed E-state index contributed by atoms with van der Waals surface area (Å²) in [7, 11) is -5.14. The fourth-order valence-corrected chi connectivity index (χ4v) is 6.27. The maximum atomic E-state index is 12.6. The van der Waals surface area contributed by atoms with Crippen molar-refractivity contribution >= 4 is 22.1 Å². The summed E-state index contributed by atoms with van der Waals surface area (Å²) in [6, 6.07) is 0. The Labute approximate surface area is 182 Å². The van der Waals surface area contributed by atoms with Gasteiger partial charge in [-0.2, -0.15) is 8.42 Å². The molecule has 0 amide bonds. The summed E-state index contributed by atoms with van der Waals surface area (Å²) in [5.74, 6) is -4.06. The predicted octanol–water partition coefficient (Wildman–Crippen LogP) is 5.10. The van der Waals surface area contributed by atoms with Gasteiger partial charge in [-0.1, -0.05) is 80.1 Å². The van der Waals surface area contributed by atoms with Crippen molar-refractivity contribution in [3.05, 3.63) is 0 Å². The maximum Gasteiger partial charge on any atom is 0.325 e. The van der Waals surface area contributed by atoms with E-state index in [9.17, 15) is 32.8 Å². The first-order chi connectivity index (χ1) is 13.8. The van der Waals surface area contributed by atoms with Crippen LogP contribution in [-0.4, -0.2) is 40.4 Å². The van der Waals surface area contributed by atoms with Crippen molar-refractivity contribution in [2.45, 2.75) is 98.2 Å². The molecule has 0 spiro atoms. The van der Waals surface area contributed by atoms with Crippen LogP contribution in [0.15, 0.2) is 0 Å². The molecule has 0 radical (unpaired) electrons. The third-order valence-electron chi connectivity index (χ3n) is 7.28. The van der Waals surface area contributed by atoms with E-state index >= 15 is 0 Å². The van der Waals surface area contributed by atoms with Crippen LogP contribution < -0.4 is 0 Å². The van der Waals surface area contributed by atoms with Gasteiger partial charge in [-0.25, -0.2) is 0 Å². The molecule has 178 valence electrons. The third kappa shape index (κ3) is 6.94. The van der Waals surface area contributed by atoms with Gasteiger partial charge in [0.2, 0.25) is 0 Å². The summed E-state index contributed by atoms with van der Waals surface area (Å²) in [6.07, 6.45) is 5.77. The monoisotopic (exact) mass is 450 g/mol. The number of carbonyl (C=O) groups is 2. The molecule has 0 aromatic carbocycles. The molecule has 0 aromatic rings. The molecule has 0 heterocycles. The molecule has 8 heteroatoms. The predicted molar refractivity (Wildman–Crippen MR) is 118 cm³/mol. The zero-order chi connectivity index (χ0) is 23.7. The minimum Gasteiger partial charge on any atom is -0.481 e. The molecule has 0 aliphatic heterocycles. The zero-order valence-electron chi connectivity index (χ0n) is 19.4. The largest absolute Gasteiger partial charge is 0.481 e. The van der Waals surface area contributed by atoms with Gasteiger partial charge in [-0.15, -0.1) is 0 Å². The number of carboxylic acids is 2. The van der Waals surface area contributed by atoms with Crippen LogP contribution in [-0.2, 0) is 19.7 Å². The Balaban J connectivity index is 6.35. The lowest BCUT2D eigenvalue weighted by Gasteiger charge is -2.43. The van der Waals surface area contributed by atoms with Crippen LogP contribution in [0, 0.1) is 29.1 Å². The van der Waals surface area contributed by atoms with Crippen molar-refractivity contribution in [2.75, 3.05) is 0 Å². The zero-order valence-corrected chi connectivity index (χ0v) is 20.2. The molecule has 0 rings (SSSR count). The van der Waals surface area contributed by atoms with Gasteiger partial charge in [0.05, 0.1) is 0 Å². The highest BCUT2D eigenvalue weighted by atomic mass is 32.2. The second kappa shape index (κ2) is 12.6. The van der Waals surface area contributed by atoms with E-state index in [4.69, 9.17) is 0 Å². The first-order valence-electron chi connectivity index (χ1n) is 11.3. The van der Waals surface area contributed by atoms with Crippen molar-refractivity contribution in [3.63, 3.8) is 0 Å². The molecule has 3 N–H and O–H groups in total. The second-order valence-corrected chi connectivity index (χ2v) is 10.3. The van der Waals surface area contributed by atoms with Crippen LogP contribution in [0.3, 0.4) is 0 Å². The highest BCUT2D eigenvalue weighted by Crippen LogP contribution is 2.47. The molecule has 0 saturated carbocycles. The first-order valence-corrected chi connectivity index (χ1v) is 12.8. The van der Waals surface area contributed by atoms with Crippen molar-refractivity contribution in [1.82, 2.24) is 0 Å². The molecule has 0 bridgehead atoms. The molecule has 3 unspecified atom stereocenters. The van der Waals surface area contributed by atoms with E-state index in [-0.39, 0.29) is 0 Å². The third-order valence-corrected chi connectivity index (χ3v) is 8.47. The van der Waals surface area contributed by atoms with E-state index in [0.29, 0.717) is 37.5 Å².